The van der Waals surface area contributed by atoms with Crippen molar-refractivity contribution in [2.45, 2.75) is 27.7 Å². The highest BCUT2D eigenvalue weighted by Crippen LogP contribution is 2.12. The summed E-state index contributed by atoms with van der Waals surface area (Å²) in [6, 6.07) is 26.6. The summed E-state index contributed by atoms with van der Waals surface area (Å²) >= 11 is 4.64. The highest BCUT2D eigenvalue weighted by Gasteiger charge is 2.54. The molecule has 0 amide bonds. The van der Waals surface area contributed by atoms with E-state index in [2.05, 4.69) is 35.9 Å². The first kappa shape index (κ1) is 36.6. The standard InChI is InChI=1S/C12H14O6Si.C6H8O3Si.C6H8Si.C2H3ClO/c1-9(13)16-19(17-10(2)14,18-11(3)15)12-7-5-4-6-8-12;7-10(8,9)6-4-2-1-3-5-6;7-6-4-2-1-3-5-6;1-2(3)4/h4-8H,1-3H3;1-5,7-9H;1-5H,7H3;1H3. The zero-order chi connectivity index (χ0) is 30.8. The average molecular weight is 625 g/mol. The molecule has 0 aromatic heterocycles. The van der Waals surface area contributed by atoms with E-state index in [1.54, 1.807) is 48.5 Å². The van der Waals surface area contributed by atoms with Crippen LogP contribution in [0.2, 0.25) is 0 Å². The molecule has 3 aromatic carbocycles. The lowest BCUT2D eigenvalue weighted by atomic mass is 10.4. The number of carbonyl (C=O) groups excluding carboxylic acids is 4. The third-order valence-electron chi connectivity index (χ3n) is 4.06. The van der Waals surface area contributed by atoms with Gasteiger partial charge in [0.25, 0.3) is 17.9 Å². The molecule has 216 valence electrons. The van der Waals surface area contributed by atoms with Crippen LogP contribution in [0.5, 0.6) is 0 Å². The van der Waals surface area contributed by atoms with Crippen LogP contribution >= 0.6 is 11.6 Å². The summed E-state index contributed by atoms with van der Waals surface area (Å²) in [5.74, 6) is -2.09. The fourth-order valence-corrected chi connectivity index (χ4v) is 5.88. The Balaban J connectivity index is 0.000000598. The molecule has 3 rings (SSSR count). The lowest BCUT2D eigenvalue weighted by molar-refractivity contribution is -0.146. The van der Waals surface area contributed by atoms with E-state index in [0.29, 0.717) is 5.19 Å². The van der Waals surface area contributed by atoms with E-state index in [4.69, 9.17) is 27.7 Å². The lowest BCUT2D eigenvalue weighted by Crippen LogP contribution is -2.59. The Morgan fingerprint density at radius 1 is 0.600 bits per heavy atom. The molecule has 0 atom stereocenters. The van der Waals surface area contributed by atoms with Crippen molar-refractivity contribution in [3.63, 3.8) is 0 Å². The number of hydrogen-bond donors (Lipinski definition) is 3. The maximum absolute atomic E-state index is 11.2. The highest BCUT2D eigenvalue weighted by atomic mass is 35.5. The first-order valence-electron chi connectivity index (χ1n) is 11.6. The smallest absolute Gasteiger partial charge is 0.452 e. The van der Waals surface area contributed by atoms with Gasteiger partial charge in [-0.25, -0.2) is 0 Å². The van der Waals surface area contributed by atoms with Gasteiger partial charge in [-0.15, -0.1) is 0 Å². The first-order chi connectivity index (χ1) is 18.6. The molecular weight excluding hydrogens is 592 g/mol. The molecule has 0 heterocycles. The molecule has 0 spiro atoms. The normalized spacial score (nSPS) is 10.1. The van der Waals surface area contributed by atoms with Gasteiger partial charge in [-0.2, -0.15) is 0 Å². The van der Waals surface area contributed by atoms with Crippen LogP contribution in [0.3, 0.4) is 0 Å². The third-order valence-corrected chi connectivity index (χ3v) is 8.55. The largest absolute Gasteiger partial charge is 0.742 e. The number of benzene rings is 3. The van der Waals surface area contributed by atoms with Crippen LogP contribution in [-0.4, -0.2) is 65.4 Å². The molecule has 10 nitrogen and oxygen atoms in total. The molecule has 0 saturated carbocycles. The molecule has 0 radical (unpaired) electrons. The van der Waals surface area contributed by atoms with Crippen molar-refractivity contribution < 1.29 is 46.8 Å². The minimum Gasteiger partial charge on any atom is -0.452 e. The summed E-state index contributed by atoms with van der Waals surface area (Å²) in [6.07, 6.45) is 0. The van der Waals surface area contributed by atoms with Crippen molar-refractivity contribution in [2.75, 3.05) is 0 Å². The third kappa shape index (κ3) is 17.2. The van der Waals surface area contributed by atoms with Gasteiger partial charge >= 0.3 is 17.6 Å². The highest BCUT2D eigenvalue weighted by molar-refractivity contribution is 6.79. The Morgan fingerprint density at radius 3 is 1.07 bits per heavy atom. The fraction of sp³-hybridized carbons (Fsp3) is 0.154. The van der Waals surface area contributed by atoms with Gasteiger partial charge < -0.3 is 27.7 Å². The van der Waals surface area contributed by atoms with Crippen LogP contribution in [0.1, 0.15) is 27.7 Å². The van der Waals surface area contributed by atoms with Gasteiger partial charge in [-0.05, 0) is 11.6 Å². The number of carbonyl (C=O) groups is 4. The molecule has 3 N–H and O–H groups in total. The van der Waals surface area contributed by atoms with Crippen molar-refractivity contribution in [1.82, 2.24) is 0 Å². The van der Waals surface area contributed by atoms with E-state index in [-0.39, 0.29) is 10.4 Å². The summed E-state index contributed by atoms with van der Waals surface area (Å²) < 4.78 is 15.2. The van der Waals surface area contributed by atoms with Gasteiger partial charge in [0, 0.05) is 43.1 Å². The summed E-state index contributed by atoms with van der Waals surface area (Å²) in [6.45, 7) is 4.74. The molecule has 40 heavy (non-hydrogen) atoms. The van der Waals surface area contributed by atoms with Crippen molar-refractivity contribution in [1.29, 1.82) is 0 Å². The molecule has 14 heteroatoms. The number of rotatable bonds is 5. The maximum atomic E-state index is 11.2. The van der Waals surface area contributed by atoms with Gasteiger partial charge in [-0.3, -0.25) is 19.2 Å². The molecule has 0 fully saturated rings. The summed E-state index contributed by atoms with van der Waals surface area (Å²) in [5, 5.41) is 1.66. The molecule has 0 aliphatic rings. The zero-order valence-electron chi connectivity index (χ0n) is 22.7. The van der Waals surface area contributed by atoms with Crippen LogP contribution < -0.4 is 15.6 Å². The van der Waals surface area contributed by atoms with E-state index in [1.807, 2.05) is 6.07 Å². The zero-order valence-corrected chi connectivity index (χ0v) is 27.5. The van der Waals surface area contributed by atoms with E-state index >= 15 is 0 Å². The topological polar surface area (TPSA) is 157 Å². The minimum absolute atomic E-state index is 0.204. The van der Waals surface area contributed by atoms with Crippen molar-refractivity contribution >= 4 is 78.2 Å². The van der Waals surface area contributed by atoms with Crippen molar-refractivity contribution in [3.05, 3.63) is 91.0 Å². The van der Waals surface area contributed by atoms with Crippen LogP contribution in [0, 0.1) is 0 Å². The van der Waals surface area contributed by atoms with Crippen molar-refractivity contribution in [2.24, 2.45) is 0 Å². The SMILES string of the molecule is CC(=O)Cl.CC(=O)O[Si](OC(C)=O)(OC(C)=O)c1ccccc1.O[Si](O)(O)c1ccccc1.[SiH3]c1ccccc1. The average Bonchev–Trinajstić information content (AvgIpc) is 2.84. The second-order valence-electron chi connectivity index (χ2n) is 7.83. The second kappa shape index (κ2) is 18.8. The molecule has 3 aromatic rings. The molecule has 0 bridgehead atoms. The molecule has 0 unspecified atom stereocenters. The summed E-state index contributed by atoms with van der Waals surface area (Å²) in [7, 11) is -6.77. The van der Waals surface area contributed by atoms with Gasteiger partial charge in [0.05, 0.1) is 5.19 Å². The van der Waals surface area contributed by atoms with E-state index in [9.17, 15) is 19.2 Å². The monoisotopic (exact) mass is 624 g/mol. The van der Waals surface area contributed by atoms with E-state index < -0.39 is 35.5 Å². The van der Waals surface area contributed by atoms with Gasteiger partial charge in [0.2, 0.25) is 5.24 Å². The Morgan fingerprint density at radius 2 is 0.875 bits per heavy atom. The molecule has 0 saturated heterocycles. The predicted octanol–water partition coefficient (Wildman–Crippen LogP) is -0.220. The molecule has 0 aliphatic heterocycles. The second-order valence-corrected chi connectivity index (χ2v) is 13.7. The number of hydrogen-bond acceptors (Lipinski definition) is 10. The van der Waals surface area contributed by atoms with Crippen LogP contribution in [-0.2, 0) is 32.5 Å². The molecular formula is C26H33ClO10Si3. The van der Waals surface area contributed by atoms with Gasteiger partial charge in [0.15, 0.2) is 0 Å². The van der Waals surface area contributed by atoms with Gasteiger partial charge in [-0.1, -0.05) is 96.2 Å². The van der Waals surface area contributed by atoms with Crippen LogP contribution in [0.25, 0.3) is 0 Å². The van der Waals surface area contributed by atoms with E-state index in [0.717, 1.165) is 20.8 Å². The predicted molar refractivity (Wildman–Crippen MR) is 158 cm³/mol. The minimum atomic E-state index is -4.03. The Bertz CT molecular complexity index is 1150. The Labute approximate surface area is 243 Å². The quantitative estimate of drug-likeness (QED) is 0.256. The Hall–Kier alpha value is -3.44. The summed E-state index contributed by atoms with van der Waals surface area (Å²) in [5.41, 5.74) is 0. The molecule has 0 aliphatic carbocycles. The van der Waals surface area contributed by atoms with Gasteiger partial charge in [0.1, 0.15) is 0 Å². The Kier molecular flexibility index (Phi) is 17.2. The maximum Gasteiger partial charge on any atom is 0.742 e. The lowest BCUT2D eigenvalue weighted by Gasteiger charge is -2.26. The number of halogens is 1. The van der Waals surface area contributed by atoms with Crippen molar-refractivity contribution in [3.8, 4) is 0 Å². The van der Waals surface area contributed by atoms with E-state index in [1.165, 1.54) is 34.5 Å². The first-order valence-corrected chi connectivity index (χ1v) is 16.6. The fourth-order valence-electron chi connectivity index (χ4n) is 2.65. The van der Waals surface area contributed by atoms with Crippen LogP contribution in [0.4, 0.5) is 0 Å². The van der Waals surface area contributed by atoms with Crippen LogP contribution in [0.15, 0.2) is 91.0 Å². The summed E-state index contributed by atoms with van der Waals surface area (Å²) in [4.78, 5) is 69.1.